The van der Waals surface area contributed by atoms with Crippen LogP contribution in [-0.4, -0.2) is 15.2 Å². The third-order valence-corrected chi connectivity index (χ3v) is 2.72. The molecule has 1 aliphatic heterocycles. The van der Waals surface area contributed by atoms with Gasteiger partial charge >= 0.3 is 0 Å². The first-order chi connectivity index (χ1) is 7.86. The fourth-order valence-electron chi connectivity index (χ4n) is 1.91. The minimum atomic E-state index is -0.214. The molecule has 0 spiro atoms. The zero-order valence-corrected chi connectivity index (χ0v) is 8.63. The minimum absolute atomic E-state index is 0.214. The van der Waals surface area contributed by atoms with Crippen LogP contribution >= 0.6 is 0 Å². The van der Waals surface area contributed by atoms with E-state index in [1.165, 1.54) is 11.1 Å². The van der Waals surface area contributed by atoms with Gasteiger partial charge in [0.25, 0.3) is 11.8 Å². The Morgan fingerprint density at radius 1 is 1.25 bits per heavy atom. The summed E-state index contributed by atoms with van der Waals surface area (Å²) < 4.78 is 4.87. The standard InChI is InChI=1S/C11H11N3O2/c15-7-10-12-11(13-16-10)14-5-8-3-1-2-4-9(8)6-14/h1-4,15H,5-7H2. The van der Waals surface area contributed by atoms with Crippen molar-refractivity contribution in [2.45, 2.75) is 19.7 Å². The Hall–Kier alpha value is -1.88. The van der Waals surface area contributed by atoms with E-state index in [0.29, 0.717) is 5.95 Å². The molecule has 0 radical (unpaired) electrons. The monoisotopic (exact) mass is 217 g/mol. The Labute approximate surface area is 92.3 Å². The zero-order chi connectivity index (χ0) is 11.0. The molecule has 16 heavy (non-hydrogen) atoms. The van der Waals surface area contributed by atoms with Gasteiger partial charge in [-0.25, -0.2) is 0 Å². The summed E-state index contributed by atoms with van der Waals surface area (Å²) in [4.78, 5) is 6.11. The minimum Gasteiger partial charge on any atom is -0.387 e. The molecule has 2 heterocycles. The SMILES string of the molecule is OCc1nc(N2Cc3ccccc3C2)no1. The molecule has 0 aliphatic carbocycles. The van der Waals surface area contributed by atoms with Crippen LogP contribution in [0.1, 0.15) is 17.0 Å². The Morgan fingerprint density at radius 2 is 1.94 bits per heavy atom. The van der Waals surface area contributed by atoms with Crippen molar-refractivity contribution in [1.29, 1.82) is 0 Å². The number of aromatic nitrogens is 2. The Kier molecular flexibility index (Phi) is 2.11. The van der Waals surface area contributed by atoms with Gasteiger partial charge < -0.3 is 14.5 Å². The zero-order valence-electron chi connectivity index (χ0n) is 8.63. The van der Waals surface area contributed by atoms with Gasteiger partial charge in [0.1, 0.15) is 6.61 Å². The second kappa shape index (κ2) is 3.61. The smallest absolute Gasteiger partial charge is 0.266 e. The van der Waals surface area contributed by atoms with Crippen LogP contribution in [0.25, 0.3) is 0 Å². The van der Waals surface area contributed by atoms with Gasteiger partial charge in [0.15, 0.2) is 0 Å². The number of aliphatic hydroxyl groups excluding tert-OH is 1. The summed E-state index contributed by atoms with van der Waals surface area (Å²) in [6, 6.07) is 8.25. The third kappa shape index (κ3) is 1.45. The first-order valence-corrected chi connectivity index (χ1v) is 5.12. The average Bonchev–Trinajstić information content (AvgIpc) is 2.95. The van der Waals surface area contributed by atoms with Crippen molar-refractivity contribution < 1.29 is 9.63 Å². The molecule has 1 N–H and O–H groups in total. The molecule has 3 rings (SSSR count). The van der Waals surface area contributed by atoms with E-state index in [-0.39, 0.29) is 12.5 Å². The van der Waals surface area contributed by atoms with Crippen molar-refractivity contribution in [3.05, 3.63) is 41.3 Å². The lowest BCUT2D eigenvalue weighted by Gasteiger charge is -2.10. The maximum atomic E-state index is 8.85. The fraction of sp³-hybridized carbons (Fsp3) is 0.273. The average molecular weight is 217 g/mol. The molecule has 5 heteroatoms. The highest BCUT2D eigenvalue weighted by molar-refractivity contribution is 5.42. The number of benzene rings is 1. The van der Waals surface area contributed by atoms with Crippen LogP contribution in [-0.2, 0) is 19.7 Å². The molecular weight excluding hydrogens is 206 g/mol. The topological polar surface area (TPSA) is 62.4 Å². The summed E-state index contributed by atoms with van der Waals surface area (Å²) in [5.41, 5.74) is 2.58. The van der Waals surface area contributed by atoms with Crippen molar-refractivity contribution >= 4 is 5.95 Å². The molecule has 0 bridgehead atoms. The Bertz CT molecular complexity index is 484. The predicted octanol–water partition coefficient (Wildman–Crippen LogP) is 1.08. The molecule has 0 fully saturated rings. The van der Waals surface area contributed by atoms with Crippen LogP contribution < -0.4 is 4.90 Å². The van der Waals surface area contributed by atoms with Crippen LogP contribution in [0.4, 0.5) is 5.95 Å². The van der Waals surface area contributed by atoms with Crippen LogP contribution in [0.3, 0.4) is 0 Å². The quantitative estimate of drug-likeness (QED) is 0.815. The van der Waals surface area contributed by atoms with Crippen LogP contribution in [0, 0.1) is 0 Å². The molecule has 0 amide bonds. The van der Waals surface area contributed by atoms with Gasteiger partial charge in [-0.15, -0.1) is 0 Å². The van der Waals surface area contributed by atoms with Gasteiger partial charge in [-0.1, -0.05) is 24.3 Å². The van der Waals surface area contributed by atoms with Crippen molar-refractivity contribution in [2.24, 2.45) is 0 Å². The molecule has 0 unspecified atom stereocenters. The lowest BCUT2D eigenvalue weighted by atomic mass is 10.1. The summed E-state index contributed by atoms with van der Waals surface area (Å²) in [6.07, 6.45) is 0. The van der Waals surface area contributed by atoms with Gasteiger partial charge in [0.2, 0.25) is 0 Å². The van der Waals surface area contributed by atoms with E-state index in [9.17, 15) is 0 Å². The predicted molar refractivity (Wildman–Crippen MR) is 56.5 cm³/mol. The van der Waals surface area contributed by atoms with Gasteiger partial charge in [-0.3, -0.25) is 0 Å². The molecule has 1 aromatic carbocycles. The number of rotatable bonds is 2. The van der Waals surface area contributed by atoms with Gasteiger partial charge in [0.05, 0.1) is 0 Å². The van der Waals surface area contributed by atoms with Gasteiger partial charge in [0, 0.05) is 13.1 Å². The molecular formula is C11H11N3O2. The van der Waals surface area contributed by atoms with E-state index in [4.69, 9.17) is 9.63 Å². The molecule has 1 aromatic heterocycles. The first-order valence-electron chi connectivity index (χ1n) is 5.12. The van der Waals surface area contributed by atoms with Crippen molar-refractivity contribution in [1.82, 2.24) is 10.1 Å². The van der Waals surface area contributed by atoms with Crippen molar-refractivity contribution in [2.75, 3.05) is 4.90 Å². The lowest BCUT2D eigenvalue weighted by Crippen LogP contribution is -2.15. The first kappa shape index (κ1) is 9.35. The third-order valence-electron chi connectivity index (χ3n) is 2.72. The molecule has 0 saturated carbocycles. The molecule has 1 aliphatic rings. The van der Waals surface area contributed by atoms with Crippen LogP contribution in [0.2, 0.25) is 0 Å². The largest absolute Gasteiger partial charge is 0.387 e. The number of hydrogen-bond acceptors (Lipinski definition) is 5. The number of nitrogens with zero attached hydrogens (tertiary/aromatic N) is 3. The maximum absolute atomic E-state index is 8.85. The summed E-state index contributed by atoms with van der Waals surface area (Å²) in [7, 11) is 0. The normalized spacial score (nSPS) is 14.2. The van der Waals surface area contributed by atoms with Gasteiger partial charge in [-0.2, -0.15) is 4.98 Å². The van der Waals surface area contributed by atoms with E-state index < -0.39 is 0 Å². The van der Waals surface area contributed by atoms with E-state index in [1.54, 1.807) is 0 Å². The highest BCUT2D eigenvalue weighted by Gasteiger charge is 2.22. The summed E-state index contributed by atoms with van der Waals surface area (Å²) >= 11 is 0. The van der Waals surface area contributed by atoms with Crippen molar-refractivity contribution in [3.8, 4) is 0 Å². The molecule has 82 valence electrons. The van der Waals surface area contributed by atoms with Crippen LogP contribution in [0.5, 0.6) is 0 Å². The number of aliphatic hydroxyl groups is 1. The number of fused-ring (bicyclic) bond motifs is 1. The highest BCUT2D eigenvalue weighted by Crippen LogP contribution is 2.25. The van der Waals surface area contributed by atoms with E-state index in [1.807, 2.05) is 17.0 Å². The summed E-state index contributed by atoms with van der Waals surface area (Å²) in [5.74, 6) is 0.797. The molecule has 0 saturated heterocycles. The fourth-order valence-corrected chi connectivity index (χ4v) is 1.91. The van der Waals surface area contributed by atoms with Crippen molar-refractivity contribution in [3.63, 3.8) is 0 Å². The van der Waals surface area contributed by atoms with E-state index >= 15 is 0 Å². The Balaban J connectivity index is 1.85. The van der Waals surface area contributed by atoms with Crippen LogP contribution in [0.15, 0.2) is 28.8 Å². The van der Waals surface area contributed by atoms with E-state index in [0.717, 1.165) is 13.1 Å². The highest BCUT2D eigenvalue weighted by atomic mass is 16.5. The second-order valence-corrected chi connectivity index (χ2v) is 3.77. The Morgan fingerprint density at radius 3 is 2.50 bits per heavy atom. The molecule has 0 atom stereocenters. The number of anilines is 1. The second-order valence-electron chi connectivity index (χ2n) is 3.77. The summed E-state index contributed by atoms with van der Waals surface area (Å²) in [6.45, 7) is 1.37. The van der Waals surface area contributed by atoms with Gasteiger partial charge in [-0.05, 0) is 16.3 Å². The number of hydrogen-bond donors (Lipinski definition) is 1. The maximum Gasteiger partial charge on any atom is 0.266 e. The lowest BCUT2D eigenvalue weighted by molar-refractivity contribution is 0.222. The van der Waals surface area contributed by atoms with E-state index in [2.05, 4.69) is 22.3 Å². The molecule has 2 aromatic rings. The molecule has 5 nitrogen and oxygen atoms in total. The summed E-state index contributed by atoms with van der Waals surface area (Å²) in [5, 5.41) is 12.7.